The fourth-order valence-electron chi connectivity index (χ4n) is 4.62. The Balaban J connectivity index is 1.69. The monoisotopic (exact) mass is 473 g/mol. The van der Waals surface area contributed by atoms with Gasteiger partial charge in [0.25, 0.3) is 13.9 Å². The van der Waals surface area contributed by atoms with Crippen LogP contribution in [0.5, 0.6) is 0 Å². The van der Waals surface area contributed by atoms with Crippen molar-refractivity contribution in [2.45, 2.75) is 32.2 Å². The van der Waals surface area contributed by atoms with Crippen LogP contribution in [0.25, 0.3) is 11.2 Å². The summed E-state index contributed by atoms with van der Waals surface area (Å²) in [7, 11) is -3.26. The number of nitrogens with two attached hydrogens (primary N) is 1. The number of rotatable bonds is 7. The maximum absolute atomic E-state index is 13.3. The van der Waals surface area contributed by atoms with Gasteiger partial charge in [-0.1, -0.05) is 81.4 Å². The second kappa shape index (κ2) is 8.92. The van der Waals surface area contributed by atoms with Crippen molar-refractivity contribution in [2.24, 2.45) is 5.92 Å². The highest BCUT2D eigenvalue weighted by atomic mass is 28.4. The molecular formula is C25H27N5O3Si. The van der Waals surface area contributed by atoms with Crippen LogP contribution >= 0.6 is 0 Å². The number of carbonyl (C=O) groups is 1. The van der Waals surface area contributed by atoms with E-state index in [1.54, 1.807) is 0 Å². The molecule has 2 aromatic heterocycles. The van der Waals surface area contributed by atoms with Crippen LogP contribution in [0.3, 0.4) is 0 Å². The predicted molar refractivity (Wildman–Crippen MR) is 135 cm³/mol. The zero-order valence-electron chi connectivity index (χ0n) is 19.3. The van der Waals surface area contributed by atoms with Crippen molar-refractivity contribution in [1.82, 2.24) is 19.9 Å². The van der Waals surface area contributed by atoms with Crippen molar-refractivity contribution in [3.63, 3.8) is 0 Å². The second-order valence-corrected chi connectivity index (χ2v) is 13.1. The fraction of sp³-hybridized carbons (Fsp3) is 0.240. The number of Topliss-reactive ketones (excluding diaryl/α,β-unsaturated/α-hetero) is 1. The molecule has 4 rings (SSSR count). The van der Waals surface area contributed by atoms with Gasteiger partial charge < -0.3 is 10.5 Å². The molecule has 0 spiro atoms. The molecule has 0 aliphatic heterocycles. The van der Waals surface area contributed by atoms with Crippen molar-refractivity contribution in [3.05, 3.63) is 82.9 Å². The van der Waals surface area contributed by atoms with Gasteiger partial charge in [-0.3, -0.25) is 14.6 Å². The zero-order valence-corrected chi connectivity index (χ0v) is 20.3. The molecule has 0 radical (unpaired) electrons. The molecule has 34 heavy (non-hydrogen) atoms. The number of nitrogens with zero attached hydrogens (tertiary/aromatic N) is 3. The smallest absolute Gasteiger partial charge is 0.280 e. The normalized spacial score (nSPS) is 13.1. The average molecular weight is 474 g/mol. The number of aromatic amines is 1. The number of hydrogen-bond acceptors (Lipinski definition) is 7. The Morgan fingerprint density at radius 1 is 1.06 bits per heavy atom. The van der Waals surface area contributed by atoms with Crippen molar-refractivity contribution in [3.8, 4) is 0 Å². The van der Waals surface area contributed by atoms with Gasteiger partial charge in [-0.15, -0.1) is 0 Å². The third kappa shape index (κ3) is 4.15. The maximum atomic E-state index is 13.3. The molecule has 0 bridgehead atoms. The average Bonchev–Trinajstić information content (AvgIpc) is 2.83. The highest BCUT2D eigenvalue weighted by molar-refractivity contribution is 6.98. The molecule has 1 atom stereocenters. The topological polar surface area (TPSA) is 135 Å². The summed E-state index contributed by atoms with van der Waals surface area (Å²) in [6, 6.07) is 19.3. The first-order valence-electron chi connectivity index (χ1n) is 11.0. The van der Waals surface area contributed by atoms with Crippen LogP contribution in [0.2, 0.25) is 5.04 Å². The number of carbonyl (C=O) groups excluding carboxylic acids is 1. The van der Waals surface area contributed by atoms with Gasteiger partial charge in [0.2, 0.25) is 5.95 Å². The van der Waals surface area contributed by atoms with Gasteiger partial charge in [0.15, 0.2) is 16.9 Å². The number of nitrogens with one attached hydrogen (secondary N) is 1. The van der Waals surface area contributed by atoms with E-state index in [9.17, 15) is 14.4 Å². The molecule has 0 saturated heterocycles. The van der Waals surface area contributed by atoms with Gasteiger partial charge in [0.05, 0.1) is 6.20 Å². The SMILES string of the molecule is C[C@H](CC(C)(C)[Si](O)(c1ccccc1)c1ccccc1)C(=O)c1cnc2nc(N)[nH]c(=O)c2n1. The summed E-state index contributed by atoms with van der Waals surface area (Å²) >= 11 is 0. The number of ketones is 1. The van der Waals surface area contributed by atoms with E-state index in [1.165, 1.54) is 6.20 Å². The molecule has 4 N–H and O–H groups in total. The van der Waals surface area contributed by atoms with Gasteiger partial charge in [0, 0.05) is 5.92 Å². The van der Waals surface area contributed by atoms with E-state index in [4.69, 9.17) is 5.73 Å². The summed E-state index contributed by atoms with van der Waals surface area (Å²) in [5.74, 6) is -0.794. The van der Waals surface area contributed by atoms with Gasteiger partial charge in [0.1, 0.15) is 5.69 Å². The second-order valence-electron chi connectivity index (χ2n) is 9.17. The highest BCUT2D eigenvalue weighted by Gasteiger charge is 2.50. The van der Waals surface area contributed by atoms with Crippen LogP contribution in [0.15, 0.2) is 71.7 Å². The number of anilines is 1. The molecule has 8 nitrogen and oxygen atoms in total. The first-order valence-corrected chi connectivity index (χ1v) is 13.0. The van der Waals surface area contributed by atoms with Crippen LogP contribution in [0.1, 0.15) is 37.7 Å². The van der Waals surface area contributed by atoms with E-state index in [2.05, 4.69) is 19.9 Å². The Kier molecular flexibility index (Phi) is 6.16. The minimum atomic E-state index is -3.26. The molecular weight excluding hydrogens is 446 g/mol. The van der Waals surface area contributed by atoms with E-state index in [0.29, 0.717) is 6.42 Å². The third-order valence-corrected chi connectivity index (χ3v) is 10.8. The first kappa shape index (κ1) is 23.5. The summed E-state index contributed by atoms with van der Waals surface area (Å²) in [4.78, 5) is 52.5. The Hall–Kier alpha value is -3.69. The minimum Gasteiger partial charge on any atom is -0.424 e. The number of hydrogen-bond donors (Lipinski definition) is 3. The maximum Gasteiger partial charge on any atom is 0.280 e. The largest absolute Gasteiger partial charge is 0.424 e. The molecule has 0 fully saturated rings. The number of fused-ring (bicyclic) bond motifs is 1. The quantitative estimate of drug-likeness (QED) is 0.276. The summed E-state index contributed by atoms with van der Waals surface area (Å²) in [6.45, 7) is 5.82. The van der Waals surface area contributed by atoms with E-state index in [0.717, 1.165) is 10.4 Å². The van der Waals surface area contributed by atoms with E-state index < -0.39 is 24.8 Å². The number of aromatic nitrogens is 4. The number of H-pyrrole nitrogens is 1. The molecule has 2 heterocycles. The highest BCUT2D eigenvalue weighted by Crippen LogP contribution is 2.41. The van der Waals surface area contributed by atoms with Crippen LogP contribution in [-0.4, -0.2) is 38.8 Å². The number of benzene rings is 2. The Bertz CT molecular complexity index is 1350. The molecule has 0 amide bonds. The lowest BCUT2D eigenvalue weighted by Crippen LogP contribution is -2.65. The Morgan fingerprint density at radius 2 is 1.62 bits per heavy atom. The molecule has 0 aliphatic carbocycles. The lowest BCUT2D eigenvalue weighted by molar-refractivity contribution is 0.0910. The molecule has 4 aromatic rings. The van der Waals surface area contributed by atoms with Gasteiger partial charge in [-0.05, 0) is 21.8 Å². The van der Waals surface area contributed by atoms with Crippen LogP contribution in [0.4, 0.5) is 5.95 Å². The van der Waals surface area contributed by atoms with Gasteiger partial charge in [-0.2, -0.15) is 4.98 Å². The standard InChI is InChI=1S/C25H27N5O3Si/c1-16(21(31)19-15-27-22-20(28-19)23(32)30-24(26)29-22)14-25(2,3)34(33,17-10-6-4-7-11-17)18-12-8-5-9-13-18/h4-13,15-16,33H,14H2,1-3H3,(H3,26,27,29,30,32)/t16-/m1/s1. The Labute approximate surface area is 198 Å². The zero-order chi connectivity index (χ0) is 24.5. The van der Waals surface area contributed by atoms with Crippen molar-refractivity contribution in [1.29, 1.82) is 0 Å². The molecule has 174 valence electrons. The predicted octanol–water partition coefficient (Wildman–Crippen LogP) is 2.04. The lowest BCUT2D eigenvalue weighted by atomic mass is 9.93. The molecule has 0 unspecified atom stereocenters. The van der Waals surface area contributed by atoms with Crippen LogP contribution in [-0.2, 0) is 0 Å². The molecule has 0 saturated carbocycles. The van der Waals surface area contributed by atoms with E-state index >= 15 is 0 Å². The minimum absolute atomic E-state index is 0.0361. The van der Waals surface area contributed by atoms with Gasteiger partial charge in [-0.25, -0.2) is 9.97 Å². The van der Waals surface area contributed by atoms with E-state index in [1.807, 2.05) is 81.4 Å². The summed E-state index contributed by atoms with van der Waals surface area (Å²) in [5.41, 5.74) is 5.14. The van der Waals surface area contributed by atoms with Crippen molar-refractivity contribution >= 4 is 41.6 Å². The molecule has 2 aromatic carbocycles. The van der Waals surface area contributed by atoms with Crippen LogP contribution in [0, 0.1) is 5.92 Å². The Morgan fingerprint density at radius 3 is 2.18 bits per heavy atom. The van der Waals surface area contributed by atoms with E-state index in [-0.39, 0.29) is 28.6 Å². The number of nitrogen functional groups attached to an aromatic ring is 1. The third-order valence-electron chi connectivity index (χ3n) is 6.32. The molecule has 9 heteroatoms. The van der Waals surface area contributed by atoms with Crippen LogP contribution < -0.4 is 21.7 Å². The van der Waals surface area contributed by atoms with Crippen molar-refractivity contribution in [2.75, 3.05) is 5.73 Å². The fourth-order valence-corrected chi connectivity index (χ4v) is 8.47. The first-order chi connectivity index (χ1) is 16.1. The van der Waals surface area contributed by atoms with Crippen molar-refractivity contribution < 1.29 is 9.59 Å². The lowest BCUT2D eigenvalue weighted by Gasteiger charge is -2.42. The van der Waals surface area contributed by atoms with Gasteiger partial charge >= 0.3 is 0 Å². The summed E-state index contributed by atoms with van der Waals surface area (Å²) in [6.07, 6.45) is 1.73. The summed E-state index contributed by atoms with van der Waals surface area (Å²) < 4.78 is 0. The summed E-state index contributed by atoms with van der Waals surface area (Å²) in [5, 5.41) is 1.15. The molecule has 0 aliphatic rings.